The quantitative estimate of drug-likeness (QED) is 0.789. The van der Waals surface area contributed by atoms with Gasteiger partial charge >= 0.3 is 0 Å². The number of ether oxygens (including phenoxy) is 1. The van der Waals surface area contributed by atoms with Crippen LogP contribution in [0.1, 0.15) is 18.4 Å². The molecule has 0 saturated carbocycles. The first-order chi connectivity index (χ1) is 13.2. The summed E-state index contributed by atoms with van der Waals surface area (Å²) in [5.74, 6) is 0.784. The zero-order chi connectivity index (χ0) is 18.7. The van der Waals surface area contributed by atoms with E-state index in [0.29, 0.717) is 5.11 Å². The lowest BCUT2D eigenvalue weighted by Crippen LogP contribution is -2.48. The molecule has 2 aliphatic rings. The first kappa shape index (κ1) is 17.8. The van der Waals surface area contributed by atoms with Gasteiger partial charge < -0.3 is 15.0 Å². The first-order valence-electron chi connectivity index (χ1n) is 9.10. The van der Waals surface area contributed by atoms with Gasteiger partial charge in [-0.25, -0.2) is 0 Å². The van der Waals surface area contributed by atoms with Crippen molar-refractivity contribution in [2.45, 2.75) is 18.4 Å². The highest BCUT2D eigenvalue weighted by atomic mass is 32.1. The molecule has 1 fully saturated rings. The van der Waals surface area contributed by atoms with Crippen LogP contribution in [0.4, 0.5) is 5.69 Å². The molecule has 0 radical (unpaired) electrons. The van der Waals surface area contributed by atoms with Gasteiger partial charge in [-0.1, -0.05) is 42.5 Å². The molecular weight excluding hydrogens is 358 g/mol. The second-order valence-electron chi connectivity index (χ2n) is 6.81. The number of benzene rings is 2. The third-order valence-corrected chi connectivity index (χ3v) is 5.46. The van der Waals surface area contributed by atoms with Crippen molar-refractivity contribution in [3.63, 3.8) is 0 Å². The minimum absolute atomic E-state index is 0.262. The number of thiocarbonyl (C=S) groups is 1. The number of nitrogens with zero attached hydrogens (tertiary/aromatic N) is 1. The minimum atomic E-state index is -0.262. The molecule has 0 atom stereocenters. The summed E-state index contributed by atoms with van der Waals surface area (Å²) in [6, 6.07) is 18.1. The van der Waals surface area contributed by atoms with E-state index in [2.05, 4.69) is 33.9 Å². The molecule has 140 valence electrons. The van der Waals surface area contributed by atoms with Gasteiger partial charge in [-0.2, -0.15) is 0 Å². The predicted octanol–water partition coefficient (Wildman–Crippen LogP) is 3.80. The van der Waals surface area contributed by atoms with Gasteiger partial charge in [-0.05, 0) is 36.0 Å². The molecule has 0 amide bonds. The number of hydrogen-bond donors (Lipinski definition) is 2. The average Bonchev–Trinajstić information content (AvgIpc) is 3.13. The molecule has 1 saturated heterocycles. The van der Waals surface area contributed by atoms with Gasteiger partial charge in [-0.15, -0.1) is 0 Å². The molecule has 0 aliphatic carbocycles. The zero-order valence-corrected chi connectivity index (χ0v) is 16.1. The Morgan fingerprint density at radius 1 is 1.11 bits per heavy atom. The van der Waals surface area contributed by atoms with Crippen molar-refractivity contribution < 1.29 is 9.57 Å². The molecule has 4 rings (SSSR count). The summed E-state index contributed by atoms with van der Waals surface area (Å²) in [5.41, 5.74) is 5.92. The topological polar surface area (TPSA) is 45.8 Å². The van der Waals surface area contributed by atoms with E-state index < -0.39 is 0 Å². The number of methoxy groups -OCH3 is 1. The molecule has 2 heterocycles. The van der Waals surface area contributed by atoms with Crippen LogP contribution in [0.2, 0.25) is 0 Å². The van der Waals surface area contributed by atoms with E-state index in [1.807, 2.05) is 42.5 Å². The van der Waals surface area contributed by atoms with Crippen LogP contribution < -0.4 is 15.5 Å². The molecule has 2 N–H and O–H groups in total. The van der Waals surface area contributed by atoms with Crippen molar-refractivity contribution in [2.75, 3.05) is 25.5 Å². The molecule has 27 heavy (non-hydrogen) atoms. The lowest BCUT2D eigenvalue weighted by atomic mass is 9.90. The normalized spacial score (nSPS) is 18.0. The monoisotopic (exact) mass is 381 g/mol. The molecule has 0 unspecified atom stereocenters. The van der Waals surface area contributed by atoms with Gasteiger partial charge in [-0.3, -0.25) is 10.3 Å². The molecule has 6 heteroatoms. The van der Waals surface area contributed by atoms with Crippen LogP contribution in [0.15, 0.2) is 60.7 Å². The van der Waals surface area contributed by atoms with Gasteiger partial charge in [0.15, 0.2) is 5.11 Å². The fraction of sp³-hybridized carbons (Fsp3) is 0.286. The standard InChI is InChI=1S/C21H23N3O2S/c1-25-19-10-6-5-9-17(19)22-20(27)24-13-11-21(12-14-24)15-18(23-26-21)16-7-3-2-4-8-16/h2-10,15,23H,11-14H2,1H3,(H,22,27). The Kier molecular flexibility index (Phi) is 5.01. The van der Waals surface area contributed by atoms with E-state index in [1.165, 1.54) is 0 Å². The smallest absolute Gasteiger partial charge is 0.173 e. The van der Waals surface area contributed by atoms with Crippen LogP contribution in [0.5, 0.6) is 5.75 Å². The SMILES string of the molecule is COc1ccccc1NC(=S)N1CCC2(C=C(c3ccccc3)NO2)CC1. The number of anilines is 1. The van der Waals surface area contributed by atoms with Gasteiger partial charge in [0.25, 0.3) is 0 Å². The van der Waals surface area contributed by atoms with E-state index in [9.17, 15) is 0 Å². The number of hydroxylamine groups is 1. The Bertz CT molecular complexity index is 846. The number of likely N-dealkylation sites (tertiary alicyclic amines) is 1. The van der Waals surface area contributed by atoms with E-state index in [4.69, 9.17) is 21.8 Å². The maximum atomic E-state index is 5.98. The lowest BCUT2D eigenvalue weighted by Gasteiger charge is -2.38. The number of piperidine rings is 1. The highest BCUT2D eigenvalue weighted by molar-refractivity contribution is 7.80. The number of para-hydroxylation sites is 2. The Balaban J connectivity index is 1.39. The molecule has 2 aliphatic heterocycles. The molecule has 2 aromatic rings. The third-order valence-electron chi connectivity index (χ3n) is 5.10. The minimum Gasteiger partial charge on any atom is -0.495 e. The van der Waals surface area contributed by atoms with Crippen molar-refractivity contribution >= 4 is 28.7 Å². The van der Waals surface area contributed by atoms with Crippen molar-refractivity contribution in [1.82, 2.24) is 10.4 Å². The molecule has 1 spiro atoms. The molecule has 0 bridgehead atoms. The Morgan fingerprint density at radius 2 is 1.81 bits per heavy atom. The van der Waals surface area contributed by atoms with E-state index >= 15 is 0 Å². The van der Waals surface area contributed by atoms with Crippen molar-refractivity contribution in [3.05, 3.63) is 66.2 Å². The average molecular weight is 382 g/mol. The summed E-state index contributed by atoms with van der Waals surface area (Å²) >= 11 is 5.61. The summed E-state index contributed by atoms with van der Waals surface area (Å²) in [6.07, 6.45) is 3.98. The zero-order valence-electron chi connectivity index (χ0n) is 15.3. The maximum Gasteiger partial charge on any atom is 0.173 e. The molecular formula is C21H23N3O2S. The van der Waals surface area contributed by atoms with Crippen molar-refractivity contribution in [1.29, 1.82) is 0 Å². The Hall–Kier alpha value is -2.57. The van der Waals surface area contributed by atoms with Crippen LogP contribution in [0.3, 0.4) is 0 Å². The van der Waals surface area contributed by atoms with Gasteiger partial charge in [0, 0.05) is 25.9 Å². The van der Waals surface area contributed by atoms with Crippen LogP contribution in [0, 0.1) is 0 Å². The van der Waals surface area contributed by atoms with Gasteiger partial charge in [0.1, 0.15) is 11.4 Å². The van der Waals surface area contributed by atoms with Crippen molar-refractivity contribution in [2.24, 2.45) is 0 Å². The second-order valence-corrected chi connectivity index (χ2v) is 7.20. The van der Waals surface area contributed by atoms with Gasteiger partial charge in [0.05, 0.1) is 18.5 Å². The number of hydrogen-bond acceptors (Lipinski definition) is 4. The third kappa shape index (κ3) is 3.77. The second kappa shape index (κ2) is 7.58. The largest absolute Gasteiger partial charge is 0.495 e. The predicted molar refractivity (Wildman–Crippen MR) is 111 cm³/mol. The summed E-state index contributed by atoms with van der Waals surface area (Å²) in [4.78, 5) is 8.16. The fourth-order valence-corrected chi connectivity index (χ4v) is 3.81. The fourth-order valence-electron chi connectivity index (χ4n) is 3.52. The summed E-state index contributed by atoms with van der Waals surface area (Å²) in [5, 5.41) is 4.02. The van der Waals surface area contributed by atoms with E-state index in [0.717, 1.165) is 48.6 Å². The van der Waals surface area contributed by atoms with E-state index in [1.54, 1.807) is 7.11 Å². The summed E-state index contributed by atoms with van der Waals surface area (Å²) < 4.78 is 5.39. The van der Waals surface area contributed by atoms with Crippen LogP contribution >= 0.6 is 12.2 Å². The van der Waals surface area contributed by atoms with Crippen LogP contribution in [-0.4, -0.2) is 35.8 Å². The molecule has 2 aromatic carbocycles. The summed E-state index contributed by atoms with van der Waals surface area (Å²) in [6.45, 7) is 1.67. The number of rotatable bonds is 3. The van der Waals surface area contributed by atoms with Crippen LogP contribution in [-0.2, 0) is 4.84 Å². The Morgan fingerprint density at radius 3 is 2.56 bits per heavy atom. The first-order valence-corrected chi connectivity index (χ1v) is 9.51. The number of nitrogens with one attached hydrogen (secondary N) is 2. The van der Waals surface area contributed by atoms with Crippen LogP contribution in [0.25, 0.3) is 5.70 Å². The lowest BCUT2D eigenvalue weighted by molar-refractivity contribution is -0.0615. The van der Waals surface area contributed by atoms with Crippen molar-refractivity contribution in [3.8, 4) is 5.75 Å². The Labute approximate surface area is 164 Å². The van der Waals surface area contributed by atoms with E-state index in [-0.39, 0.29) is 5.60 Å². The highest BCUT2D eigenvalue weighted by Gasteiger charge is 2.39. The maximum absolute atomic E-state index is 5.98. The molecule has 0 aromatic heterocycles. The summed E-state index contributed by atoms with van der Waals surface area (Å²) in [7, 11) is 1.66. The molecule has 5 nitrogen and oxygen atoms in total. The van der Waals surface area contributed by atoms with Gasteiger partial charge in [0.2, 0.25) is 0 Å². The highest BCUT2D eigenvalue weighted by Crippen LogP contribution is 2.35.